The van der Waals surface area contributed by atoms with Crippen LogP contribution in [0.15, 0.2) is 23.1 Å². The van der Waals surface area contributed by atoms with Gasteiger partial charge >= 0.3 is 0 Å². The summed E-state index contributed by atoms with van der Waals surface area (Å²) in [5, 5.41) is 10.0. The summed E-state index contributed by atoms with van der Waals surface area (Å²) >= 11 is 0. The molecule has 1 fully saturated rings. The van der Waals surface area contributed by atoms with E-state index in [-0.39, 0.29) is 4.90 Å². The lowest BCUT2D eigenvalue weighted by Gasteiger charge is -2.21. The van der Waals surface area contributed by atoms with Gasteiger partial charge in [0, 0.05) is 11.7 Å². The lowest BCUT2D eigenvalue weighted by Crippen LogP contribution is -2.42. The minimum atomic E-state index is -3.64. The first kappa shape index (κ1) is 15.3. The molecule has 5 nitrogen and oxygen atoms in total. The number of rotatable bonds is 3. The SMILES string of the molecule is Cc1cc(N)cc(S(=O)(=O)NC2CCCCCC2O)c1. The van der Waals surface area contributed by atoms with Crippen molar-refractivity contribution in [2.24, 2.45) is 0 Å². The molecule has 20 heavy (non-hydrogen) atoms. The van der Waals surface area contributed by atoms with Crippen LogP contribution < -0.4 is 10.5 Å². The lowest BCUT2D eigenvalue weighted by molar-refractivity contribution is 0.130. The molecule has 4 N–H and O–H groups in total. The minimum Gasteiger partial charge on any atom is -0.399 e. The molecule has 0 radical (unpaired) electrons. The number of aliphatic hydroxyl groups is 1. The van der Waals surface area contributed by atoms with E-state index in [0.717, 1.165) is 24.8 Å². The minimum absolute atomic E-state index is 0.159. The summed E-state index contributed by atoms with van der Waals surface area (Å²) in [6.07, 6.45) is 3.60. The first-order chi connectivity index (χ1) is 9.38. The average molecular weight is 298 g/mol. The van der Waals surface area contributed by atoms with E-state index in [2.05, 4.69) is 4.72 Å². The summed E-state index contributed by atoms with van der Waals surface area (Å²) in [6.45, 7) is 1.80. The van der Waals surface area contributed by atoms with Gasteiger partial charge in [-0.15, -0.1) is 0 Å². The maximum absolute atomic E-state index is 12.4. The van der Waals surface area contributed by atoms with Crippen molar-refractivity contribution in [2.75, 3.05) is 5.73 Å². The summed E-state index contributed by atoms with van der Waals surface area (Å²) in [5.41, 5.74) is 6.92. The number of nitrogens with two attached hydrogens (primary N) is 1. The molecule has 0 spiro atoms. The predicted molar refractivity (Wildman–Crippen MR) is 78.8 cm³/mol. The van der Waals surface area contributed by atoms with E-state index in [4.69, 9.17) is 5.73 Å². The molecule has 0 saturated heterocycles. The summed E-state index contributed by atoms with van der Waals surface area (Å²) in [5.74, 6) is 0. The fourth-order valence-corrected chi connectivity index (χ4v) is 4.07. The maximum Gasteiger partial charge on any atom is 0.240 e. The number of nitrogens with one attached hydrogen (secondary N) is 1. The molecular formula is C14H22N2O3S. The zero-order valence-corrected chi connectivity index (χ0v) is 12.5. The monoisotopic (exact) mass is 298 g/mol. The van der Waals surface area contributed by atoms with Crippen LogP contribution in [0.1, 0.15) is 37.7 Å². The Balaban J connectivity index is 2.21. The highest BCUT2D eigenvalue weighted by Crippen LogP contribution is 2.21. The van der Waals surface area contributed by atoms with Crippen molar-refractivity contribution in [1.82, 2.24) is 4.72 Å². The van der Waals surface area contributed by atoms with E-state index in [0.29, 0.717) is 18.5 Å². The molecule has 1 aliphatic carbocycles. The van der Waals surface area contributed by atoms with E-state index in [1.807, 2.05) is 0 Å². The van der Waals surface area contributed by atoms with Gasteiger partial charge < -0.3 is 10.8 Å². The highest BCUT2D eigenvalue weighted by Gasteiger charge is 2.27. The van der Waals surface area contributed by atoms with Gasteiger partial charge in [0.15, 0.2) is 0 Å². The van der Waals surface area contributed by atoms with Crippen molar-refractivity contribution < 1.29 is 13.5 Å². The number of aryl methyl sites for hydroxylation is 1. The van der Waals surface area contributed by atoms with E-state index < -0.39 is 22.2 Å². The average Bonchev–Trinajstić information content (AvgIpc) is 2.53. The van der Waals surface area contributed by atoms with E-state index >= 15 is 0 Å². The molecule has 6 heteroatoms. The van der Waals surface area contributed by atoms with Gasteiger partial charge in [-0.3, -0.25) is 0 Å². The van der Waals surface area contributed by atoms with Gasteiger partial charge in [0.1, 0.15) is 0 Å². The molecule has 2 atom stereocenters. The summed E-state index contributed by atoms with van der Waals surface area (Å²) in [6, 6.07) is 4.34. The zero-order chi connectivity index (χ0) is 14.8. The largest absolute Gasteiger partial charge is 0.399 e. The number of hydrogen-bond acceptors (Lipinski definition) is 4. The second-order valence-corrected chi connectivity index (χ2v) is 7.23. The van der Waals surface area contributed by atoms with Crippen molar-refractivity contribution in [3.8, 4) is 0 Å². The van der Waals surface area contributed by atoms with Gasteiger partial charge in [0.2, 0.25) is 10.0 Å². The second kappa shape index (κ2) is 6.11. The molecule has 0 heterocycles. The fraction of sp³-hybridized carbons (Fsp3) is 0.571. The van der Waals surface area contributed by atoms with Crippen molar-refractivity contribution in [3.63, 3.8) is 0 Å². The first-order valence-electron chi connectivity index (χ1n) is 6.96. The van der Waals surface area contributed by atoms with Crippen LogP contribution in [0.4, 0.5) is 5.69 Å². The topological polar surface area (TPSA) is 92.4 Å². The number of benzene rings is 1. The van der Waals surface area contributed by atoms with Gasteiger partial charge in [-0.2, -0.15) is 0 Å². The third kappa shape index (κ3) is 3.71. The maximum atomic E-state index is 12.4. The van der Waals surface area contributed by atoms with Gasteiger partial charge in [-0.25, -0.2) is 13.1 Å². The van der Waals surface area contributed by atoms with Crippen molar-refractivity contribution in [3.05, 3.63) is 23.8 Å². The van der Waals surface area contributed by atoms with E-state index in [1.165, 1.54) is 6.07 Å². The molecule has 0 aromatic heterocycles. The number of nitrogen functional groups attached to an aromatic ring is 1. The van der Waals surface area contributed by atoms with Crippen LogP contribution in [0.3, 0.4) is 0 Å². The van der Waals surface area contributed by atoms with E-state index in [1.54, 1.807) is 19.1 Å². The second-order valence-electron chi connectivity index (χ2n) is 5.51. The smallest absolute Gasteiger partial charge is 0.240 e. The molecular weight excluding hydrogens is 276 g/mol. The Morgan fingerprint density at radius 3 is 2.60 bits per heavy atom. The Morgan fingerprint density at radius 2 is 1.90 bits per heavy atom. The van der Waals surface area contributed by atoms with Crippen LogP contribution >= 0.6 is 0 Å². The third-order valence-electron chi connectivity index (χ3n) is 3.67. The van der Waals surface area contributed by atoms with Crippen molar-refractivity contribution >= 4 is 15.7 Å². The highest BCUT2D eigenvalue weighted by atomic mass is 32.2. The first-order valence-corrected chi connectivity index (χ1v) is 8.44. The van der Waals surface area contributed by atoms with Crippen LogP contribution in [0, 0.1) is 6.92 Å². The van der Waals surface area contributed by atoms with Crippen LogP contribution in [0.5, 0.6) is 0 Å². The Bertz CT molecular complexity index is 552. The summed E-state index contributed by atoms with van der Waals surface area (Å²) in [4.78, 5) is 0.159. The van der Waals surface area contributed by atoms with Gasteiger partial charge in [-0.05, 0) is 43.5 Å². The molecule has 2 rings (SSSR count). The Labute approximate surface area is 120 Å². The predicted octanol–water partition coefficient (Wildman–Crippen LogP) is 1.55. The third-order valence-corrected chi connectivity index (χ3v) is 5.14. The molecule has 0 aliphatic heterocycles. The molecule has 1 saturated carbocycles. The number of anilines is 1. The molecule has 0 bridgehead atoms. The molecule has 2 unspecified atom stereocenters. The van der Waals surface area contributed by atoms with Gasteiger partial charge in [-0.1, -0.05) is 19.3 Å². The molecule has 1 aromatic rings. The molecule has 1 aliphatic rings. The normalized spacial score (nSPS) is 24.3. The van der Waals surface area contributed by atoms with Crippen LogP contribution in [0.2, 0.25) is 0 Å². The van der Waals surface area contributed by atoms with E-state index in [9.17, 15) is 13.5 Å². The summed E-state index contributed by atoms with van der Waals surface area (Å²) in [7, 11) is -3.64. The summed E-state index contributed by atoms with van der Waals surface area (Å²) < 4.78 is 27.4. The van der Waals surface area contributed by atoms with Crippen LogP contribution in [0.25, 0.3) is 0 Å². The Kier molecular flexibility index (Phi) is 4.67. The lowest BCUT2D eigenvalue weighted by atomic mass is 10.1. The molecule has 112 valence electrons. The van der Waals surface area contributed by atoms with Gasteiger partial charge in [0.05, 0.1) is 11.0 Å². The zero-order valence-electron chi connectivity index (χ0n) is 11.7. The fourth-order valence-electron chi connectivity index (χ4n) is 2.62. The quantitative estimate of drug-likeness (QED) is 0.583. The molecule has 0 amide bonds. The van der Waals surface area contributed by atoms with Crippen molar-refractivity contribution in [2.45, 2.75) is 56.1 Å². The number of hydrogen-bond donors (Lipinski definition) is 3. The van der Waals surface area contributed by atoms with Crippen LogP contribution in [-0.2, 0) is 10.0 Å². The molecule has 1 aromatic carbocycles. The van der Waals surface area contributed by atoms with Crippen LogP contribution in [-0.4, -0.2) is 25.7 Å². The standard InChI is InChI=1S/C14H22N2O3S/c1-10-7-11(15)9-12(8-10)20(18,19)16-13-5-3-2-4-6-14(13)17/h7-9,13-14,16-17H,2-6,15H2,1H3. The number of aliphatic hydroxyl groups excluding tert-OH is 1. The van der Waals surface area contributed by atoms with Gasteiger partial charge in [0.25, 0.3) is 0 Å². The Morgan fingerprint density at radius 1 is 1.20 bits per heavy atom. The number of sulfonamides is 1. The Hall–Kier alpha value is -1.11. The van der Waals surface area contributed by atoms with Crippen molar-refractivity contribution in [1.29, 1.82) is 0 Å². The highest BCUT2D eigenvalue weighted by molar-refractivity contribution is 7.89.